The fourth-order valence-corrected chi connectivity index (χ4v) is 2.97. The lowest BCUT2D eigenvalue weighted by Gasteiger charge is -2.43. The Kier molecular flexibility index (Phi) is 4.81. The normalized spacial score (nSPS) is 33.4. The first kappa shape index (κ1) is 14.8. The van der Waals surface area contributed by atoms with Crippen LogP contribution in [0.2, 0.25) is 0 Å². The van der Waals surface area contributed by atoms with Crippen molar-refractivity contribution < 1.29 is 23.7 Å². The van der Waals surface area contributed by atoms with Gasteiger partial charge in [-0.05, 0) is 31.1 Å². The van der Waals surface area contributed by atoms with Crippen LogP contribution >= 0.6 is 0 Å². The molecule has 1 aliphatic heterocycles. The summed E-state index contributed by atoms with van der Waals surface area (Å²) in [6.07, 6.45) is 3.20. The highest BCUT2D eigenvalue weighted by Gasteiger charge is 2.43. The fraction of sp³-hybridized carbons (Fsp3) is 0.929. The van der Waals surface area contributed by atoms with Gasteiger partial charge < -0.3 is 18.9 Å². The minimum atomic E-state index is -0.943. The number of ether oxygens (including phenoxy) is 4. The zero-order valence-corrected chi connectivity index (χ0v) is 12.0. The first-order chi connectivity index (χ1) is 9.03. The van der Waals surface area contributed by atoms with Gasteiger partial charge in [0.2, 0.25) is 0 Å². The van der Waals surface area contributed by atoms with Crippen LogP contribution in [0.1, 0.15) is 46.5 Å². The maximum Gasteiger partial charge on any atom is 0.364 e. The van der Waals surface area contributed by atoms with Gasteiger partial charge in [-0.1, -0.05) is 27.2 Å². The van der Waals surface area contributed by atoms with Crippen molar-refractivity contribution in [2.75, 3.05) is 13.6 Å². The van der Waals surface area contributed by atoms with E-state index in [4.69, 9.17) is 18.9 Å². The molecule has 5 heteroatoms. The third-order valence-electron chi connectivity index (χ3n) is 4.14. The Morgan fingerprint density at radius 1 is 1.32 bits per heavy atom. The summed E-state index contributed by atoms with van der Waals surface area (Å²) in [7, 11) is 0. The Morgan fingerprint density at radius 3 is 2.58 bits per heavy atom. The summed E-state index contributed by atoms with van der Waals surface area (Å²) < 4.78 is 20.9. The van der Waals surface area contributed by atoms with Crippen LogP contribution in [-0.4, -0.2) is 31.4 Å². The molecule has 2 atom stereocenters. The van der Waals surface area contributed by atoms with Gasteiger partial charge in [-0.2, -0.15) is 0 Å². The molecule has 0 bridgehead atoms. The molecule has 0 aromatic carbocycles. The molecule has 2 fully saturated rings. The Labute approximate surface area is 114 Å². The van der Waals surface area contributed by atoms with Gasteiger partial charge in [0.05, 0.1) is 0 Å². The van der Waals surface area contributed by atoms with Gasteiger partial charge in [-0.3, -0.25) is 0 Å². The summed E-state index contributed by atoms with van der Waals surface area (Å²) in [5, 5.41) is 0. The zero-order chi connectivity index (χ0) is 13.9. The number of hydrogen-bond donors (Lipinski definition) is 0. The smallest absolute Gasteiger partial charge is 0.364 e. The zero-order valence-electron chi connectivity index (χ0n) is 12.0. The van der Waals surface area contributed by atoms with Crippen molar-refractivity contribution in [3.05, 3.63) is 0 Å². The van der Waals surface area contributed by atoms with Crippen molar-refractivity contribution in [1.29, 1.82) is 0 Å². The van der Waals surface area contributed by atoms with E-state index in [0.717, 1.165) is 19.3 Å². The quantitative estimate of drug-likeness (QED) is 0.739. The van der Waals surface area contributed by atoms with E-state index >= 15 is 0 Å². The molecule has 1 saturated carbocycles. The lowest BCUT2D eigenvalue weighted by atomic mass is 9.73. The Balaban J connectivity index is 2.01. The van der Waals surface area contributed by atoms with Crippen LogP contribution in [-0.2, 0) is 23.7 Å². The first-order valence-corrected chi connectivity index (χ1v) is 7.07. The number of carbonyl (C=O) groups is 1. The minimum Gasteiger partial charge on any atom is -0.455 e. The van der Waals surface area contributed by atoms with E-state index in [-0.39, 0.29) is 19.2 Å². The standard InChI is InChI=1S/C14H24O5/c1-10(2)14(6-4-5-11(3)7-14)19-12(15)13-17-8-16-9-18-13/h10-11,13H,4-9H2,1-3H3. The fourth-order valence-electron chi connectivity index (χ4n) is 2.97. The molecule has 1 saturated heterocycles. The molecule has 0 spiro atoms. The molecular formula is C14H24O5. The van der Waals surface area contributed by atoms with Crippen molar-refractivity contribution in [3.63, 3.8) is 0 Å². The maximum atomic E-state index is 12.2. The monoisotopic (exact) mass is 272 g/mol. The van der Waals surface area contributed by atoms with Gasteiger partial charge in [-0.25, -0.2) is 4.79 Å². The molecule has 2 aliphatic rings. The molecule has 2 rings (SSSR count). The summed E-state index contributed by atoms with van der Waals surface area (Å²) in [6.45, 7) is 6.58. The molecule has 5 nitrogen and oxygen atoms in total. The summed E-state index contributed by atoms with van der Waals surface area (Å²) in [5.41, 5.74) is -0.375. The van der Waals surface area contributed by atoms with Gasteiger partial charge in [0.1, 0.15) is 5.60 Å². The third kappa shape index (κ3) is 3.46. The molecule has 0 aromatic heterocycles. The maximum absolute atomic E-state index is 12.2. The number of hydrogen-bond acceptors (Lipinski definition) is 5. The van der Waals surface area contributed by atoms with E-state index in [1.165, 1.54) is 6.42 Å². The largest absolute Gasteiger partial charge is 0.455 e. The topological polar surface area (TPSA) is 54.0 Å². The lowest BCUT2D eigenvalue weighted by Crippen LogP contribution is -2.47. The molecule has 0 aromatic rings. The molecule has 0 N–H and O–H groups in total. The molecule has 1 heterocycles. The van der Waals surface area contributed by atoms with Crippen LogP contribution in [0.25, 0.3) is 0 Å². The number of carbonyl (C=O) groups excluding carboxylic acids is 1. The summed E-state index contributed by atoms with van der Waals surface area (Å²) in [4.78, 5) is 12.2. The van der Waals surface area contributed by atoms with Gasteiger partial charge >= 0.3 is 5.97 Å². The van der Waals surface area contributed by atoms with E-state index in [2.05, 4.69) is 20.8 Å². The van der Waals surface area contributed by atoms with Crippen molar-refractivity contribution >= 4 is 5.97 Å². The average Bonchev–Trinajstić information content (AvgIpc) is 2.39. The molecule has 2 unspecified atom stereocenters. The van der Waals surface area contributed by atoms with Crippen molar-refractivity contribution in [3.8, 4) is 0 Å². The second kappa shape index (κ2) is 6.20. The Bertz CT molecular complexity index is 311. The third-order valence-corrected chi connectivity index (χ3v) is 4.14. The van der Waals surface area contributed by atoms with Crippen LogP contribution in [0.3, 0.4) is 0 Å². The molecule has 19 heavy (non-hydrogen) atoms. The summed E-state index contributed by atoms with van der Waals surface area (Å²) in [6, 6.07) is 0. The van der Waals surface area contributed by atoms with Gasteiger partial charge in [-0.15, -0.1) is 0 Å². The summed E-state index contributed by atoms with van der Waals surface area (Å²) in [5.74, 6) is 0.450. The second-order valence-corrected chi connectivity index (χ2v) is 5.95. The lowest BCUT2D eigenvalue weighted by molar-refractivity contribution is -0.301. The number of esters is 1. The first-order valence-electron chi connectivity index (χ1n) is 7.07. The molecule has 110 valence electrons. The number of rotatable bonds is 3. The Hall–Kier alpha value is -0.650. The highest BCUT2D eigenvalue weighted by Crippen LogP contribution is 2.40. The second-order valence-electron chi connectivity index (χ2n) is 5.95. The van der Waals surface area contributed by atoms with E-state index in [1.54, 1.807) is 0 Å². The van der Waals surface area contributed by atoms with E-state index in [1.807, 2.05) is 0 Å². The molecule has 0 amide bonds. The van der Waals surface area contributed by atoms with Crippen molar-refractivity contribution in [2.24, 2.45) is 11.8 Å². The average molecular weight is 272 g/mol. The molecule has 0 radical (unpaired) electrons. The van der Waals surface area contributed by atoms with Gasteiger partial charge in [0.25, 0.3) is 6.29 Å². The molecular weight excluding hydrogens is 248 g/mol. The van der Waals surface area contributed by atoms with Crippen LogP contribution < -0.4 is 0 Å². The predicted molar refractivity (Wildman–Crippen MR) is 68.1 cm³/mol. The van der Waals surface area contributed by atoms with Crippen LogP contribution in [0.4, 0.5) is 0 Å². The van der Waals surface area contributed by atoms with Crippen molar-refractivity contribution in [1.82, 2.24) is 0 Å². The highest BCUT2D eigenvalue weighted by molar-refractivity contribution is 5.73. The van der Waals surface area contributed by atoms with Crippen molar-refractivity contribution in [2.45, 2.75) is 58.3 Å². The minimum absolute atomic E-state index is 0.0743. The van der Waals surface area contributed by atoms with Crippen LogP contribution in [0.5, 0.6) is 0 Å². The molecule has 1 aliphatic carbocycles. The van der Waals surface area contributed by atoms with E-state index < -0.39 is 12.3 Å². The van der Waals surface area contributed by atoms with E-state index in [0.29, 0.717) is 11.8 Å². The van der Waals surface area contributed by atoms with Gasteiger partial charge in [0.15, 0.2) is 13.6 Å². The van der Waals surface area contributed by atoms with Crippen LogP contribution in [0, 0.1) is 11.8 Å². The van der Waals surface area contributed by atoms with Gasteiger partial charge in [0, 0.05) is 0 Å². The summed E-state index contributed by atoms with van der Waals surface area (Å²) >= 11 is 0. The van der Waals surface area contributed by atoms with E-state index in [9.17, 15) is 4.79 Å². The predicted octanol–water partition coefficient (Wildman–Crippen LogP) is 2.44. The van der Waals surface area contributed by atoms with Crippen LogP contribution in [0.15, 0.2) is 0 Å². The highest BCUT2D eigenvalue weighted by atomic mass is 16.9. The SMILES string of the molecule is CC1CCCC(OC(=O)C2OCOCO2)(C(C)C)C1. The Morgan fingerprint density at radius 2 is 2.00 bits per heavy atom.